The highest BCUT2D eigenvalue weighted by Gasteiger charge is 2.30. The smallest absolute Gasteiger partial charge is 0.282 e. The molecule has 0 aromatic carbocycles. The van der Waals surface area contributed by atoms with Crippen molar-refractivity contribution in [3.63, 3.8) is 0 Å². The van der Waals surface area contributed by atoms with Gasteiger partial charge in [-0.3, -0.25) is 0 Å². The highest BCUT2D eigenvalue weighted by molar-refractivity contribution is 7.86. The van der Waals surface area contributed by atoms with Crippen LogP contribution in [0.15, 0.2) is 0 Å². The van der Waals surface area contributed by atoms with Crippen LogP contribution in [-0.4, -0.2) is 55.4 Å². The Bertz CT molecular complexity index is 353. The van der Waals surface area contributed by atoms with Crippen molar-refractivity contribution in [3.05, 3.63) is 0 Å². The van der Waals surface area contributed by atoms with Crippen LogP contribution >= 0.6 is 0 Å². The molecule has 0 saturated carbocycles. The van der Waals surface area contributed by atoms with Gasteiger partial charge in [0.25, 0.3) is 10.2 Å². The summed E-state index contributed by atoms with van der Waals surface area (Å²) < 4.78 is 26.5. The molecular formula is C10H18N2O3S. The van der Waals surface area contributed by atoms with Crippen LogP contribution in [0.25, 0.3) is 0 Å². The second-order valence-corrected chi connectivity index (χ2v) is 6.03. The Kier molecular flexibility index (Phi) is 4.74. The van der Waals surface area contributed by atoms with Gasteiger partial charge < -0.3 is 5.11 Å². The van der Waals surface area contributed by atoms with Crippen LogP contribution in [0.1, 0.15) is 12.8 Å². The number of aliphatic hydroxyl groups is 1. The lowest BCUT2D eigenvalue weighted by Crippen LogP contribution is -2.46. The van der Waals surface area contributed by atoms with E-state index in [1.54, 1.807) is 0 Å². The first-order valence-corrected chi connectivity index (χ1v) is 6.67. The summed E-state index contributed by atoms with van der Waals surface area (Å²) in [6.45, 7) is 1.14. The number of nitrogens with zero attached hydrogens (tertiary/aromatic N) is 2. The molecule has 0 aromatic heterocycles. The first kappa shape index (κ1) is 13.5. The van der Waals surface area contributed by atoms with Crippen molar-refractivity contribution in [1.82, 2.24) is 8.61 Å². The summed E-state index contributed by atoms with van der Waals surface area (Å²) in [5.74, 6) is 2.54. The van der Waals surface area contributed by atoms with Crippen LogP contribution in [-0.2, 0) is 10.2 Å². The summed E-state index contributed by atoms with van der Waals surface area (Å²) in [4.78, 5) is 0. The topological polar surface area (TPSA) is 60.9 Å². The maximum absolute atomic E-state index is 12.0. The van der Waals surface area contributed by atoms with Gasteiger partial charge in [-0.15, -0.1) is 6.42 Å². The summed E-state index contributed by atoms with van der Waals surface area (Å²) in [5, 5.41) is 8.97. The monoisotopic (exact) mass is 246 g/mol. The highest BCUT2D eigenvalue weighted by atomic mass is 32.2. The minimum absolute atomic E-state index is 0.0856. The van der Waals surface area contributed by atoms with Crippen molar-refractivity contribution in [2.75, 3.05) is 33.3 Å². The predicted molar refractivity (Wildman–Crippen MR) is 61.8 cm³/mol. The molecule has 0 aliphatic carbocycles. The fourth-order valence-electron chi connectivity index (χ4n) is 1.73. The maximum atomic E-state index is 12.0. The minimum atomic E-state index is -3.41. The number of rotatable bonds is 4. The van der Waals surface area contributed by atoms with E-state index in [-0.39, 0.29) is 19.1 Å². The number of hydrogen-bond donors (Lipinski definition) is 1. The highest BCUT2D eigenvalue weighted by Crippen LogP contribution is 2.20. The minimum Gasteiger partial charge on any atom is -0.396 e. The lowest BCUT2D eigenvalue weighted by atomic mass is 10.00. The molecule has 0 amide bonds. The third kappa shape index (κ3) is 2.95. The van der Waals surface area contributed by atoms with Crippen LogP contribution in [0.2, 0.25) is 0 Å². The van der Waals surface area contributed by atoms with E-state index >= 15 is 0 Å². The van der Waals surface area contributed by atoms with Gasteiger partial charge in [0.15, 0.2) is 0 Å². The molecule has 1 heterocycles. The number of terminal acetylenes is 1. The molecule has 1 aliphatic rings. The molecule has 0 bridgehead atoms. The van der Waals surface area contributed by atoms with Crippen LogP contribution in [0, 0.1) is 18.3 Å². The van der Waals surface area contributed by atoms with Crippen LogP contribution in [0.3, 0.4) is 0 Å². The molecule has 0 unspecified atom stereocenters. The fourth-order valence-corrected chi connectivity index (χ4v) is 3.03. The molecule has 6 heteroatoms. The van der Waals surface area contributed by atoms with Gasteiger partial charge in [-0.05, 0) is 18.8 Å². The molecule has 0 aromatic rings. The van der Waals surface area contributed by atoms with E-state index < -0.39 is 10.2 Å². The Hall–Kier alpha value is -0.610. The van der Waals surface area contributed by atoms with Crippen molar-refractivity contribution in [2.45, 2.75) is 12.8 Å². The fraction of sp³-hybridized carbons (Fsp3) is 0.800. The molecule has 0 atom stereocenters. The maximum Gasteiger partial charge on any atom is 0.282 e. The second-order valence-electron chi connectivity index (χ2n) is 3.99. The van der Waals surface area contributed by atoms with Crippen molar-refractivity contribution in [3.8, 4) is 12.3 Å². The van der Waals surface area contributed by atoms with Gasteiger partial charge in [-0.1, -0.05) is 5.92 Å². The van der Waals surface area contributed by atoms with E-state index in [0.29, 0.717) is 25.9 Å². The Labute approximate surface area is 97.2 Å². The summed E-state index contributed by atoms with van der Waals surface area (Å²) in [7, 11) is -1.93. The van der Waals surface area contributed by atoms with Gasteiger partial charge in [0, 0.05) is 26.7 Å². The van der Waals surface area contributed by atoms with Gasteiger partial charge in [-0.2, -0.15) is 17.0 Å². The molecule has 16 heavy (non-hydrogen) atoms. The molecule has 1 fully saturated rings. The second kappa shape index (κ2) is 5.64. The van der Waals surface area contributed by atoms with Crippen molar-refractivity contribution in [2.24, 2.45) is 5.92 Å². The van der Waals surface area contributed by atoms with Gasteiger partial charge in [0.2, 0.25) is 0 Å². The Morgan fingerprint density at radius 3 is 2.50 bits per heavy atom. The van der Waals surface area contributed by atoms with Gasteiger partial charge in [0.05, 0.1) is 6.54 Å². The zero-order valence-electron chi connectivity index (χ0n) is 9.46. The summed E-state index contributed by atoms with van der Waals surface area (Å²) in [5.41, 5.74) is 0. The molecule has 1 aliphatic heterocycles. The first-order valence-electron chi connectivity index (χ1n) is 5.28. The third-order valence-corrected chi connectivity index (χ3v) is 4.80. The van der Waals surface area contributed by atoms with E-state index in [9.17, 15) is 8.42 Å². The van der Waals surface area contributed by atoms with E-state index in [2.05, 4.69) is 5.92 Å². The van der Waals surface area contributed by atoms with Gasteiger partial charge in [-0.25, -0.2) is 0 Å². The Morgan fingerprint density at radius 2 is 2.06 bits per heavy atom. The molecule has 92 valence electrons. The zero-order valence-corrected chi connectivity index (χ0v) is 10.3. The summed E-state index contributed by atoms with van der Waals surface area (Å²) in [6.07, 6.45) is 6.51. The molecular weight excluding hydrogens is 228 g/mol. The largest absolute Gasteiger partial charge is 0.396 e. The van der Waals surface area contributed by atoms with Crippen LogP contribution < -0.4 is 0 Å². The summed E-state index contributed by atoms with van der Waals surface area (Å²) >= 11 is 0. The van der Waals surface area contributed by atoms with Crippen molar-refractivity contribution in [1.29, 1.82) is 0 Å². The number of hydrogen-bond acceptors (Lipinski definition) is 3. The van der Waals surface area contributed by atoms with E-state index in [0.717, 1.165) is 0 Å². The molecule has 1 saturated heterocycles. The Morgan fingerprint density at radius 1 is 1.50 bits per heavy atom. The van der Waals surface area contributed by atoms with Crippen molar-refractivity contribution >= 4 is 10.2 Å². The van der Waals surface area contributed by atoms with E-state index in [1.807, 2.05) is 0 Å². The quantitative estimate of drug-likeness (QED) is 0.680. The number of aliphatic hydroxyl groups excluding tert-OH is 1. The predicted octanol–water partition coefficient (Wildman–Crippen LogP) is -0.499. The van der Waals surface area contributed by atoms with Gasteiger partial charge in [0.1, 0.15) is 0 Å². The van der Waals surface area contributed by atoms with E-state index in [4.69, 9.17) is 11.5 Å². The standard InChI is InChI=1S/C10H18N2O3S/c1-3-6-11(2)16(14,15)12-7-4-10(9-13)5-8-12/h1,10,13H,4-9H2,2H3. The molecule has 5 nitrogen and oxygen atoms in total. The van der Waals surface area contributed by atoms with Crippen LogP contribution in [0.4, 0.5) is 0 Å². The average Bonchev–Trinajstić information content (AvgIpc) is 2.29. The Balaban J connectivity index is 2.62. The normalized spacial score (nSPS) is 19.9. The third-order valence-electron chi connectivity index (χ3n) is 2.87. The van der Waals surface area contributed by atoms with E-state index in [1.165, 1.54) is 15.7 Å². The molecule has 1 N–H and O–H groups in total. The zero-order chi connectivity index (χ0) is 12.2. The number of piperidine rings is 1. The SMILES string of the molecule is C#CCN(C)S(=O)(=O)N1CCC(CO)CC1. The molecule has 0 radical (unpaired) electrons. The lowest BCUT2D eigenvalue weighted by Gasteiger charge is -2.32. The van der Waals surface area contributed by atoms with Crippen molar-refractivity contribution < 1.29 is 13.5 Å². The molecule has 0 spiro atoms. The molecule has 1 rings (SSSR count). The van der Waals surface area contributed by atoms with Gasteiger partial charge >= 0.3 is 0 Å². The summed E-state index contributed by atoms with van der Waals surface area (Å²) in [6, 6.07) is 0. The first-order chi connectivity index (χ1) is 7.52. The lowest BCUT2D eigenvalue weighted by molar-refractivity contribution is 0.167. The average molecular weight is 246 g/mol. The van der Waals surface area contributed by atoms with Crippen LogP contribution in [0.5, 0.6) is 0 Å².